The summed E-state index contributed by atoms with van der Waals surface area (Å²) in [6.07, 6.45) is 0.893. The Balaban J connectivity index is 2.14. The summed E-state index contributed by atoms with van der Waals surface area (Å²) in [6, 6.07) is 5.74. The Hall–Kier alpha value is -0.770. The molecule has 2 N–H and O–H groups in total. The maximum atomic E-state index is 9.51. The van der Waals surface area contributed by atoms with E-state index in [1.54, 1.807) is 6.92 Å². The van der Waals surface area contributed by atoms with Crippen molar-refractivity contribution in [3.63, 3.8) is 0 Å². The van der Waals surface area contributed by atoms with Crippen LogP contribution in [0.15, 0.2) is 18.2 Å². The Kier molecular flexibility index (Phi) is 3.92. The molecule has 0 amide bonds. The number of aliphatic hydroxyl groups excluding tert-OH is 2. The molecule has 0 aliphatic carbocycles. The van der Waals surface area contributed by atoms with Crippen molar-refractivity contribution in [1.29, 1.82) is 0 Å². The molecule has 0 spiro atoms. The third kappa shape index (κ3) is 2.92. The van der Waals surface area contributed by atoms with Crippen LogP contribution in [0.1, 0.15) is 31.4 Å². The van der Waals surface area contributed by atoms with Crippen molar-refractivity contribution in [1.82, 2.24) is 0 Å². The van der Waals surface area contributed by atoms with Gasteiger partial charge < -0.3 is 15.1 Å². The van der Waals surface area contributed by atoms with E-state index in [1.165, 1.54) is 0 Å². The van der Waals surface area contributed by atoms with Crippen LogP contribution in [-0.4, -0.2) is 29.4 Å². The van der Waals surface area contributed by atoms with E-state index in [9.17, 15) is 10.2 Å². The number of anilines is 1. The molecule has 94 valence electrons. The molecule has 1 atom stereocenters. The predicted molar refractivity (Wildman–Crippen MR) is 69.5 cm³/mol. The lowest BCUT2D eigenvalue weighted by atomic mass is 10.1. The van der Waals surface area contributed by atoms with Gasteiger partial charge in [0.2, 0.25) is 0 Å². The number of piperidine rings is 1. The molecule has 3 nitrogen and oxygen atoms in total. The van der Waals surface area contributed by atoms with Gasteiger partial charge in [-0.2, -0.15) is 0 Å². The summed E-state index contributed by atoms with van der Waals surface area (Å²) in [5.74, 6) is 0. The largest absolute Gasteiger partial charge is 0.393 e. The van der Waals surface area contributed by atoms with E-state index < -0.39 is 6.10 Å². The first-order chi connectivity index (χ1) is 8.08. The smallest absolute Gasteiger partial charge is 0.0776 e. The van der Waals surface area contributed by atoms with Crippen LogP contribution in [0, 0.1) is 0 Å². The van der Waals surface area contributed by atoms with Gasteiger partial charge in [0.1, 0.15) is 0 Å². The van der Waals surface area contributed by atoms with Crippen LogP contribution in [0.25, 0.3) is 0 Å². The Morgan fingerprint density at radius 3 is 2.53 bits per heavy atom. The first kappa shape index (κ1) is 12.7. The standard InChI is InChI=1S/C13H18ClNO2/c1-9(16)12-3-2-10(8-13(12)14)15-6-4-11(17)5-7-15/h2-3,8-9,11,16-17H,4-7H2,1H3. The molecule has 1 fully saturated rings. The second-order valence-electron chi connectivity index (χ2n) is 4.60. The third-order valence-corrected chi connectivity index (χ3v) is 3.59. The number of nitrogens with zero attached hydrogens (tertiary/aromatic N) is 1. The minimum Gasteiger partial charge on any atom is -0.393 e. The third-order valence-electron chi connectivity index (χ3n) is 3.26. The maximum absolute atomic E-state index is 9.51. The first-order valence-electron chi connectivity index (χ1n) is 5.98. The fourth-order valence-electron chi connectivity index (χ4n) is 2.18. The zero-order chi connectivity index (χ0) is 12.4. The number of rotatable bonds is 2. The van der Waals surface area contributed by atoms with Gasteiger partial charge >= 0.3 is 0 Å². The van der Waals surface area contributed by atoms with Gasteiger partial charge in [-0.05, 0) is 37.5 Å². The van der Waals surface area contributed by atoms with E-state index in [-0.39, 0.29) is 6.10 Å². The van der Waals surface area contributed by atoms with Crippen molar-refractivity contribution in [2.45, 2.75) is 32.0 Å². The lowest BCUT2D eigenvalue weighted by Gasteiger charge is -2.31. The Bertz CT molecular complexity index is 387. The Morgan fingerprint density at radius 2 is 2.00 bits per heavy atom. The average Bonchev–Trinajstić information content (AvgIpc) is 2.29. The number of hydrogen-bond donors (Lipinski definition) is 2. The average molecular weight is 256 g/mol. The molecule has 1 aliphatic rings. The van der Waals surface area contributed by atoms with Crippen LogP contribution in [-0.2, 0) is 0 Å². The van der Waals surface area contributed by atoms with E-state index in [0.29, 0.717) is 5.02 Å². The second kappa shape index (κ2) is 5.25. The number of hydrogen-bond acceptors (Lipinski definition) is 3. The van der Waals surface area contributed by atoms with Crippen molar-refractivity contribution in [3.8, 4) is 0 Å². The molecule has 0 saturated carbocycles. The van der Waals surface area contributed by atoms with Gasteiger partial charge in [0.25, 0.3) is 0 Å². The van der Waals surface area contributed by atoms with Gasteiger partial charge in [-0.3, -0.25) is 0 Å². The summed E-state index contributed by atoms with van der Waals surface area (Å²) in [5, 5.41) is 19.6. The quantitative estimate of drug-likeness (QED) is 0.853. The summed E-state index contributed by atoms with van der Waals surface area (Å²) in [5.41, 5.74) is 1.82. The Morgan fingerprint density at radius 1 is 1.35 bits per heavy atom. The van der Waals surface area contributed by atoms with Gasteiger partial charge in [0.05, 0.1) is 12.2 Å². The van der Waals surface area contributed by atoms with Crippen LogP contribution in [0.4, 0.5) is 5.69 Å². The highest BCUT2D eigenvalue weighted by atomic mass is 35.5. The monoisotopic (exact) mass is 255 g/mol. The molecular formula is C13H18ClNO2. The molecular weight excluding hydrogens is 238 g/mol. The minimum atomic E-state index is -0.542. The van der Waals surface area contributed by atoms with Crippen LogP contribution in [0.2, 0.25) is 5.02 Å². The van der Waals surface area contributed by atoms with Gasteiger partial charge in [0, 0.05) is 23.8 Å². The highest BCUT2D eigenvalue weighted by Crippen LogP contribution is 2.29. The number of benzene rings is 1. The van der Waals surface area contributed by atoms with E-state index in [1.807, 2.05) is 18.2 Å². The van der Waals surface area contributed by atoms with E-state index in [0.717, 1.165) is 37.2 Å². The molecule has 17 heavy (non-hydrogen) atoms. The highest BCUT2D eigenvalue weighted by molar-refractivity contribution is 6.31. The van der Waals surface area contributed by atoms with Crippen LogP contribution in [0.5, 0.6) is 0 Å². The lowest BCUT2D eigenvalue weighted by Crippen LogP contribution is -2.35. The van der Waals surface area contributed by atoms with Crippen molar-refractivity contribution < 1.29 is 10.2 Å². The molecule has 4 heteroatoms. The van der Waals surface area contributed by atoms with Crippen molar-refractivity contribution >= 4 is 17.3 Å². The molecule has 1 unspecified atom stereocenters. The van der Waals surface area contributed by atoms with Crippen LogP contribution >= 0.6 is 11.6 Å². The zero-order valence-corrected chi connectivity index (χ0v) is 10.7. The van der Waals surface area contributed by atoms with E-state index >= 15 is 0 Å². The summed E-state index contributed by atoms with van der Waals surface area (Å²) < 4.78 is 0. The summed E-state index contributed by atoms with van der Waals surface area (Å²) in [4.78, 5) is 2.21. The predicted octanol–water partition coefficient (Wildman–Crippen LogP) is 2.35. The minimum absolute atomic E-state index is 0.168. The molecule has 1 saturated heterocycles. The first-order valence-corrected chi connectivity index (χ1v) is 6.36. The molecule has 0 bridgehead atoms. The van der Waals surface area contributed by atoms with Crippen molar-refractivity contribution in [3.05, 3.63) is 28.8 Å². The topological polar surface area (TPSA) is 43.7 Å². The summed E-state index contributed by atoms with van der Waals surface area (Å²) in [6.45, 7) is 3.41. The second-order valence-corrected chi connectivity index (χ2v) is 5.01. The van der Waals surface area contributed by atoms with Gasteiger partial charge in [-0.1, -0.05) is 17.7 Å². The van der Waals surface area contributed by atoms with E-state index in [4.69, 9.17) is 11.6 Å². The molecule has 1 aliphatic heterocycles. The summed E-state index contributed by atoms with van der Waals surface area (Å²) in [7, 11) is 0. The SMILES string of the molecule is CC(O)c1ccc(N2CCC(O)CC2)cc1Cl. The Labute approximate surface area is 107 Å². The van der Waals surface area contributed by atoms with Crippen LogP contribution < -0.4 is 4.90 Å². The van der Waals surface area contributed by atoms with Gasteiger partial charge in [-0.15, -0.1) is 0 Å². The highest BCUT2D eigenvalue weighted by Gasteiger charge is 2.18. The summed E-state index contributed by atoms with van der Waals surface area (Å²) >= 11 is 6.14. The van der Waals surface area contributed by atoms with E-state index in [2.05, 4.69) is 4.90 Å². The molecule has 1 aromatic carbocycles. The molecule has 1 heterocycles. The zero-order valence-electron chi connectivity index (χ0n) is 9.93. The fourth-order valence-corrected chi connectivity index (χ4v) is 2.51. The molecule has 0 radical (unpaired) electrons. The molecule has 1 aromatic rings. The fraction of sp³-hybridized carbons (Fsp3) is 0.538. The lowest BCUT2D eigenvalue weighted by molar-refractivity contribution is 0.145. The normalized spacial score (nSPS) is 19.4. The number of halogens is 1. The molecule has 0 aromatic heterocycles. The number of aliphatic hydroxyl groups is 2. The van der Waals surface area contributed by atoms with Gasteiger partial charge in [-0.25, -0.2) is 0 Å². The molecule has 2 rings (SSSR count). The van der Waals surface area contributed by atoms with Gasteiger partial charge in [0.15, 0.2) is 0 Å². The van der Waals surface area contributed by atoms with Crippen molar-refractivity contribution in [2.24, 2.45) is 0 Å². The maximum Gasteiger partial charge on any atom is 0.0776 e. The van der Waals surface area contributed by atoms with Crippen molar-refractivity contribution in [2.75, 3.05) is 18.0 Å². The van der Waals surface area contributed by atoms with Crippen LogP contribution in [0.3, 0.4) is 0 Å².